The first-order valence-electron chi connectivity index (χ1n) is 7.52. The third-order valence-corrected chi connectivity index (χ3v) is 3.60. The molecule has 5 nitrogen and oxygen atoms in total. The molecule has 1 heterocycles. The summed E-state index contributed by atoms with van der Waals surface area (Å²) in [6, 6.07) is 22.7. The molecule has 0 saturated heterocycles. The van der Waals surface area contributed by atoms with E-state index in [9.17, 15) is 0 Å². The fraction of sp³-hybridized carbons (Fsp3) is 0. The van der Waals surface area contributed by atoms with Gasteiger partial charge in [0.2, 0.25) is 0 Å². The van der Waals surface area contributed by atoms with Gasteiger partial charge in [0.25, 0.3) is 0 Å². The average molecular weight is 317 g/mol. The van der Waals surface area contributed by atoms with E-state index in [2.05, 4.69) is 10.2 Å². The molecule has 0 bridgehead atoms. The highest BCUT2D eigenvalue weighted by Gasteiger charge is 2.05. The zero-order chi connectivity index (χ0) is 16.4. The molecule has 3 N–H and O–H groups in total. The summed E-state index contributed by atoms with van der Waals surface area (Å²) in [5.41, 5.74) is 6.70. The molecule has 3 aromatic carbocycles. The number of nitrogens with zero attached hydrogens (tertiary/aromatic N) is 1. The number of para-hydroxylation sites is 1. The number of rotatable bonds is 4. The fourth-order valence-corrected chi connectivity index (χ4v) is 2.41. The second-order valence-electron chi connectivity index (χ2n) is 5.30. The van der Waals surface area contributed by atoms with Crippen molar-refractivity contribution in [2.45, 2.75) is 0 Å². The molecule has 0 aliphatic carbocycles. The maximum Gasteiger partial charge on any atom is 0.153 e. The molecule has 0 aliphatic rings. The quantitative estimate of drug-likeness (QED) is 0.570. The van der Waals surface area contributed by atoms with E-state index in [1.807, 2.05) is 72.8 Å². The van der Waals surface area contributed by atoms with Crippen LogP contribution in [0, 0.1) is 0 Å². The van der Waals surface area contributed by atoms with Crippen molar-refractivity contribution in [3.63, 3.8) is 0 Å². The van der Waals surface area contributed by atoms with Crippen molar-refractivity contribution >= 4 is 16.7 Å². The summed E-state index contributed by atoms with van der Waals surface area (Å²) in [4.78, 5) is 0. The van der Waals surface area contributed by atoms with Crippen LogP contribution in [0.2, 0.25) is 0 Å². The Morgan fingerprint density at radius 3 is 2.00 bits per heavy atom. The maximum atomic E-state index is 5.86. The zero-order valence-electron chi connectivity index (χ0n) is 12.8. The second kappa shape index (κ2) is 5.96. The molecule has 1 aromatic heterocycles. The number of H-pyrrole nitrogens is 1. The van der Waals surface area contributed by atoms with Crippen molar-refractivity contribution in [3.05, 3.63) is 72.8 Å². The van der Waals surface area contributed by atoms with Crippen LogP contribution in [0.4, 0.5) is 5.82 Å². The van der Waals surface area contributed by atoms with Crippen molar-refractivity contribution in [3.8, 4) is 23.0 Å². The molecule has 118 valence electrons. The average Bonchev–Trinajstić information content (AvgIpc) is 2.98. The summed E-state index contributed by atoms with van der Waals surface area (Å²) in [5, 5.41) is 7.68. The number of anilines is 1. The van der Waals surface area contributed by atoms with Crippen LogP contribution < -0.4 is 15.2 Å². The number of nitrogens with one attached hydrogen (secondary N) is 1. The van der Waals surface area contributed by atoms with Crippen LogP contribution in [0.15, 0.2) is 72.8 Å². The third kappa shape index (κ3) is 2.87. The number of hydrogen-bond donors (Lipinski definition) is 2. The molecule has 4 rings (SSSR count). The van der Waals surface area contributed by atoms with Gasteiger partial charge in [-0.15, -0.1) is 0 Å². The Balaban J connectivity index is 1.51. The first kappa shape index (κ1) is 14.1. The van der Waals surface area contributed by atoms with Gasteiger partial charge in [-0.1, -0.05) is 18.2 Å². The van der Waals surface area contributed by atoms with Gasteiger partial charge in [-0.3, -0.25) is 5.10 Å². The van der Waals surface area contributed by atoms with Gasteiger partial charge in [0.1, 0.15) is 23.0 Å². The summed E-state index contributed by atoms with van der Waals surface area (Å²) >= 11 is 0. The van der Waals surface area contributed by atoms with Crippen molar-refractivity contribution in [2.24, 2.45) is 0 Å². The molecule has 0 amide bonds. The number of fused-ring (bicyclic) bond motifs is 1. The molecule has 0 spiro atoms. The lowest BCUT2D eigenvalue weighted by Crippen LogP contribution is -1.87. The largest absolute Gasteiger partial charge is 0.457 e. The van der Waals surface area contributed by atoms with E-state index in [0.717, 1.165) is 28.2 Å². The van der Waals surface area contributed by atoms with Crippen molar-refractivity contribution in [1.29, 1.82) is 0 Å². The van der Waals surface area contributed by atoms with Crippen LogP contribution >= 0.6 is 0 Å². The van der Waals surface area contributed by atoms with Gasteiger partial charge < -0.3 is 15.2 Å². The summed E-state index contributed by atoms with van der Waals surface area (Å²) in [5.74, 6) is 3.43. The Morgan fingerprint density at radius 2 is 1.29 bits per heavy atom. The Labute approximate surface area is 138 Å². The highest BCUT2D eigenvalue weighted by atomic mass is 16.5. The highest BCUT2D eigenvalue weighted by Crippen LogP contribution is 2.29. The smallest absolute Gasteiger partial charge is 0.153 e. The van der Waals surface area contributed by atoms with Crippen molar-refractivity contribution < 1.29 is 9.47 Å². The second-order valence-corrected chi connectivity index (χ2v) is 5.30. The van der Waals surface area contributed by atoms with Gasteiger partial charge in [0, 0.05) is 5.39 Å². The van der Waals surface area contributed by atoms with E-state index >= 15 is 0 Å². The minimum Gasteiger partial charge on any atom is -0.457 e. The number of aromatic amines is 1. The van der Waals surface area contributed by atoms with Gasteiger partial charge in [-0.05, 0) is 54.6 Å². The molecule has 0 fully saturated rings. The Bertz CT molecular complexity index is 963. The molecule has 0 radical (unpaired) electrons. The van der Waals surface area contributed by atoms with E-state index in [1.165, 1.54) is 0 Å². The van der Waals surface area contributed by atoms with Gasteiger partial charge in [0.15, 0.2) is 5.82 Å². The monoisotopic (exact) mass is 317 g/mol. The molecule has 0 unspecified atom stereocenters. The Kier molecular flexibility index (Phi) is 3.51. The standard InChI is InChI=1S/C19H15N3O2/c20-19-17-12-16(10-11-18(17)21-22-19)24-15-8-6-14(7-9-15)23-13-4-2-1-3-5-13/h1-12H,(H3,20,21,22). The third-order valence-electron chi connectivity index (χ3n) is 3.60. The van der Waals surface area contributed by atoms with Crippen LogP contribution in [-0.4, -0.2) is 10.2 Å². The van der Waals surface area contributed by atoms with Gasteiger partial charge in [-0.25, -0.2) is 0 Å². The lowest BCUT2D eigenvalue weighted by Gasteiger charge is -2.08. The first-order valence-corrected chi connectivity index (χ1v) is 7.52. The van der Waals surface area contributed by atoms with E-state index in [4.69, 9.17) is 15.2 Å². The summed E-state index contributed by atoms with van der Waals surface area (Å²) in [6.07, 6.45) is 0. The van der Waals surface area contributed by atoms with Crippen molar-refractivity contribution in [2.75, 3.05) is 5.73 Å². The lowest BCUT2D eigenvalue weighted by molar-refractivity contribution is 0.469. The lowest BCUT2D eigenvalue weighted by atomic mass is 10.2. The minimum atomic E-state index is 0.460. The summed E-state index contributed by atoms with van der Waals surface area (Å²) in [7, 11) is 0. The van der Waals surface area contributed by atoms with Crippen molar-refractivity contribution in [1.82, 2.24) is 10.2 Å². The molecule has 4 aromatic rings. The first-order chi connectivity index (χ1) is 11.8. The zero-order valence-corrected chi connectivity index (χ0v) is 12.8. The topological polar surface area (TPSA) is 73.2 Å². The summed E-state index contributed by atoms with van der Waals surface area (Å²) < 4.78 is 11.6. The molecule has 0 saturated carbocycles. The fourth-order valence-electron chi connectivity index (χ4n) is 2.41. The SMILES string of the molecule is Nc1n[nH]c2ccc(Oc3ccc(Oc4ccccc4)cc3)cc12. The Morgan fingerprint density at radius 1 is 0.708 bits per heavy atom. The molecule has 0 aliphatic heterocycles. The molecule has 5 heteroatoms. The molecule has 0 atom stereocenters. The summed E-state index contributed by atoms with van der Waals surface area (Å²) in [6.45, 7) is 0. The van der Waals surface area contributed by atoms with Crippen LogP contribution in [0.25, 0.3) is 10.9 Å². The van der Waals surface area contributed by atoms with Crippen LogP contribution in [-0.2, 0) is 0 Å². The number of aromatic nitrogens is 2. The molecular weight excluding hydrogens is 302 g/mol. The predicted molar refractivity (Wildman–Crippen MR) is 93.5 cm³/mol. The van der Waals surface area contributed by atoms with Gasteiger partial charge in [0.05, 0.1) is 5.52 Å². The van der Waals surface area contributed by atoms with Crippen LogP contribution in [0.5, 0.6) is 23.0 Å². The van der Waals surface area contributed by atoms with E-state index in [0.29, 0.717) is 11.6 Å². The minimum absolute atomic E-state index is 0.460. The number of ether oxygens (including phenoxy) is 2. The Hall–Kier alpha value is -3.47. The maximum absolute atomic E-state index is 5.86. The van der Waals surface area contributed by atoms with E-state index in [-0.39, 0.29) is 0 Å². The normalized spacial score (nSPS) is 10.7. The number of nitrogens with two attached hydrogens (primary N) is 1. The number of benzene rings is 3. The van der Waals surface area contributed by atoms with Crippen LogP contribution in [0.1, 0.15) is 0 Å². The molecular formula is C19H15N3O2. The predicted octanol–water partition coefficient (Wildman–Crippen LogP) is 4.73. The van der Waals surface area contributed by atoms with E-state index in [1.54, 1.807) is 0 Å². The number of nitrogen functional groups attached to an aromatic ring is 1. The number of hydrogen-bond acceptors (Lipinski definition) is 4. The van der Waals surface area contributed by atoms with Gasteiger partial charge >= 0.3 is 0 Å². The van der Waals surface area contributed by atoms with E-state index < -0.39 is 0 Å². The molecule has 24 heavy (non-hydrogen) atoms. The highest BCUT2D eigenvalue weighted by molar-refractivity contribution is 5.89. The van der Waals surface area contributed by atoms with Gasteiger partial charge in [-0.2, -0.15) is 5.10 Å². The van der Waals surface area contributed by atoms with Crippen LogP contribution in [0.3, 0.4) is 0 Å².